The van der Waals surface area contributed by atoms with Crippen LogP contribution in [-0.2, 0) is 0 Å². The predicted octanol–water partition coefficient (Wildman–Crippen LogP) is 3.90. The normalized spacial score (nSPS) is 11.9. The first-order chi connectivity index (χ1) is 7.31. The molecule has 1 nitrogen and oxygen atoms in total. The Morgan fingerprint density at radius 1 is 1.00 bits per heavy atom. The van der Waals surface area contributed by atoms with E-state index < -0.39 is 0 Å². The third-order valence-corrected chi connectivity index (χ3v) is 2.67. The van der Waals surface area contributed by atoms with Gasteiger partial charge in [0.05, 0.1) is 6.10 Å². The minimum Gasteiger partial charge on any atom is -0.393 e. The Labute approximate surface area is 95.3 Å². The summed E-state index contributed by atoms with van der Waals surface area (Å²) in [5.41, 5.74) is 0. The molecule has 1 unspecified atom stereocenters. The van der Waals surface area contributed by atoms with Crippen LogP contribution in [0.25, 0.3) is 0 Å². The number of hydrogen-bond acceptors (Lipinski definition) is 1. The first kappa shape index (κ1) is 14.5. The predicted molar refractivity (Wildman–Crippen MR) is 66.7 cm³/mol. The highest BCUT2D eigenvalue weighted by atomic mass is 16.3. The maximum atomic E-state index is 9.61. The standard InChI is InChI=1S/C14H26O/c1-3-5-7-8-9-11-13-14(15)12-10-6-4-2/h14-15H,3,5,7-13H2,1-2H3. The Morgan fingerprint density at radius 2 is 1.67 bits per heavy atom. The van der Waals surface area contributed by atoms with Gasteiger partial charge in [0.2, 0.25) is 0 Å². The second-order valence-electron chi connectivity index (χ2n) is 4.18. The SMILES string of the molecule is CC#CCCC(O)CCCCCCCC. The van der Waals surface area contributed by atoms with Crippen LogP contribution in [0, 0.1) is 11.8 Å². The van der Waals surface area contributed by atoms with Crippen LogP contribution in [0.4, 0.5) is 0 Å². The molecule has 0 amide bonds. The minimum absolute atomic E-state index is 0.128. The number of unbranched alkanes of at least 4 members (excludes halogenated alkanes) is 5. The van der Waals surface area contributed by atoms with Crippen molar-refractivity contribution in [3.8, 4) is 11.8 Å². The fourth-order valence-corrected chi connectivity index (χ4v) is 1.67. The third kappa shape index (κ3) is 11.4. The lowest BCUT2D eigenvalue weighted by molar-refractivity contribution is 0.152. The fraction of sp³-hybridized carbons (Fsp3) is 0.857. The molecule has 1 atom stereocenters. The van der Waals surface area contributed by atoms with Gasteiger partial charge in [0, 0.05) is 6.42 Å². The van der Waals surface area contributed by atoms with Crippen molar-refractivity contribution in [1.82, 2.24) is 0 Å². The second kappa shape index (κ2) is 11.6. The summed E-state index contributed by atoms with van der Waals surface area (Å²) in [6.07, 6.45) is 10.3. The molecule has 0 bridgehead atoms. The Balaban J connectivity index is 3.15. The van der Waals surface area contributed by atoms with Gasteiger partial charge in [0.1, 0.15) is 0 Å². The molecule has 0 aromatic rings. The molecule has 1 heteroatoms. The van der Waals surface area contributed by atoms with Gasteiger partial charge in [-0.05, 0) is 19.8 Å². The smallest absolute Gasteiger partial charge is 0.0549 e. The molecule has 15 heavy (non-hydrogen) atoms. The van der Waals surface area contributed by atoms with Gasteiger partial charge >= 0.3 is 0 Å². The molecular formula is C14H26O. The quantitative estimate of drug-likeness (QED) is 0.452. The van der Waals surface area contributed by atoms with Crippen molar-refractivity contribution in [2.75, 3.05) is 0 Å². The zero-order valence-electron chi connectivity index (χ0n) is 10.4. The molecule has 0 saturated carbocycles. The highest BCUT2D eigenvalue weighted by molar-refractivity contribution is 4.94. The van der Waals surface area contributed by atoms with E-state index in [9.17, 15) is 5.11 Å². The molecule has 0 heterocycles. The van der Waals surface area contributed by atoms with E-state index in [1.165, 1.54) is 38.5 Å². The first-order valence-electron chi connectivity index (χ1n) is 6.39. The topological polar surface area (TPSA) is 20.2 Å². The Kier molecular flexibility index (Phi) is 11.2. The van der Waals surface area contributed by atoms with Gasteiger partial charge in [-0.1, -0.05) is 45.4 Å². The number of aliphatic hydroxyl groups excluding tert-OH is 1. The van der Waals surface area contributed by atoms with Crippen LogP contribution in [0.3, 0.4) is 0 Å². The minimum atomic E-state index is -0.128. The van der Waals surface area contributed by atoms with Gasteiger partial charge in [-0.25, -0.2) is 0 Å². The van der Waals surface area contributed by atoms with Crippen LogP contribution in [0.5, 0.6) is 0 Å². The lowest BCUT2D eigenvalue weighted by Gasteiger charge is -2.07. The van der Waals surface area contributed by atoms with E-state index >= 15 is 0 Å². The van der Waals surface area contributed by atoms with Gasteiger partial charge in [0.25, 0.3) is 0 Å². The van der Waals surface area contributed by atoms with E-state index in [1.807, 2.05) is 6.92 Å². The van der Waals surface area contributed by atoms with Crippen LogP contribution >= 0.6 is 0 Å². The van der Waals surface area contributed by atoms with E-state index in [4.69, 9.17) is 0 Å². The number of hydrogen-bond donors (Lipinski definition) is 1. The molecule has 0 aliphatic carbocycles. The summed E-state index contributed by atoms with van der Waals surface area (Å²) in [7, 11) is 0. The van der Waals surface area contributed by atoms with E-state index in [0.717, 1.165) is 19.3 Å². The molecular weight excluding hydrogens is 184 g/mol. The summed E-state index contributed by atoms with van der Waals surface area (Å²) in [5, 5.41) is 9.61. The van der Waals surface area contributed by atoms with E-state index in [0.29, 0.717) is 0 Å². The molecule has 0 aromatic heterocycles. The van der Waals surface area contributed by atoms with Gasteiger partial charge in [0.15, 0.2) is 0 Å². The maximum absolute atomic E-state index is 9.61. The summed E-state index contributed by atoms with van der Waals surface area (Å²) in [4.78, 5) is 0. The van der Waals surface area contributed by atoms with E-state index in [2.05, 4.69) is 18.8 Å². The highest BCUT2D eigenvalue weighted by Gasteiger charge is 2.01. The molecule has 0 aliphatic heterocycles. The Bertz CT molecular complexity index is 176. The molecule has 0 radical (unpaired) electrons. The summed E-state index contributed by atoms with van der Waals surface area (Å²) >= 11 is 0. The van der Waals surface area contributed by atoms with Gasteiger partial charge in [-0.2, -0.15) is 0 Å². The van der Waals surface area contributed by atoms with Crippen molar-refractivity contribution in [3.63, 3.8) is 0 Å². The average Bonchev–Trinajstić information content (AvgIpc) is 2.23. The van der Waals surface area contributed by atoms with Crippen LogP contribution in [-0.4, -0.2) is 11.2 Å². The maximum Gasteiger partial charge on any atom is 0.0549 e. The molecule has 0 spiro atoms. The van der Waals surface area contributed by atoms with Crippen LogP contribution < -0.4 is 0 Å². The number of rotatable bonds is 9. The van der Waals surface area contributed by atoms with Crippen molar-refractivity contribution < 1.29 is 5.11 Å². The molecule has 0 rings (SSSR count). The zero-order valence-corrected chi connectivity index (χ0v) is 10.4. The number of aliphatic hydroxyl groups is 1. The summed E-state index contributed by atoms with van der Waals surface area (Å²) in [5.74, 6) is 5.84. The fourth-order valence-electron chi connectivity index (χ4n) is 1.67. The molecule has 0 aromatic carbocycles. The van der Waals surface area contributed by atoms with Crippen molar-refractivity contribution in [2.45, 2.75) is 77.7 Å². The first-order valence-corrected chi connectivity index (χ1v) is 6.39. The average molecular weight is 210 g/mol. The van der Waals surface area contributed by atoms with Crippen LogP contribution in [0.2, 0.25) is 0 Å². The van der Waals surface area contributed by atoms with Crippen molar-refractivity contribution in [2.24, 2.45) is 0 Å². The molecule has 0 saturated heterocycles. The van der Waals surface area contributed by atoms with Crippen LogP contribution in [0.15, 0.2) is 0 Å². The van der Waals surface area contributed by atoms with E-state index in [1.54, 1.807) is 0 Å². The lowest BCUT2D eigenvalue weighted by atomic mass is 10.0. The second-order valence-corrected chi connectivity index (χ2v) is 4.18. The highest BCUT2D eigenvalue weighted by Crippen LogP contribution is 2.10. The summed E-state index contributed by atoms with van der Waals surface area (Å²) < 4.78 is 0. The molecule has 88 valence electrons. The summed E-state index contributed by atoms with van der Waals surface area (Å²) in [6, 6.07) is 0. The third-order valence-electron chi connectivity index (χ3n) is 2.67. The monoisotopic (exact) mass is 210 g/mol. The van der Waals surface area contributed by atoms with Crippen molar-refractivity contribution >= 4 is 0 Å². The molecule has 1 N–H and O–H groups in total. The molecule has 0 fully saturated rings. The van der Waals surface area contributed by atoms with Crippen molar-refractivity contribution in [3.05, 3.63) is 0 Å². The van der Waals surface area contributed by atoms with E-state index in [-0.39, 0.29) is 6.10 Å². The zero-order chi connectivity index (χ0) is 11.4. The lowest BCUT2D eigenvalue weighted by Crippen LogP contribution is -2.05. The van der Waals surface area contributed by atoms with Gasteiger partial charge < -0.3 is 5.11 Å². The Hall–Kier alpha value is -0.480. The largest absolute Gasteiger partial charge is 0.393 e. The Morgan fingerprint density at radius 3 is 2.33 bits per heavy atom. The van der Waals surface area contributed by atoms with Gasteiger partial charge in [-0.3, -0.25) is 0 Å². The van der Waals surface area contributed by atoms with Gasteiger partial charge in [-0.15, -0.1) is 11.8 Å². The molecule has 0 aliphatic rings. The summed E-state index contributed by atoms with van der Waals surface area (Å²) in [6.45, 7) is 4.08. The van der Waals surface area contributed by atoms with Crippen LogP contribution in [0.1, 0.15) is 71.6 Å². The van der Waals surface area contributed by atoms with Crippen molar-refractivity contribution in [1.29, 1.82) is 0 Å².